The van der Waals surface area contributed by atoms with Crippen molar-refractivity contribution in [1.82, 2.24) is 14.6 Å². The van der Waals surface area contributed by atoms with Gasteiger partial charge in [-0.05, 0) is 32.9 Å². The lowest BCUT2D eigenvalue weighted by molar-refractivity contribution is 0.394. The molecule has 0 aliphatic carbocycles. The molecule has 0 amide bonds. The maximum absolute atomic E-state index is 12.0. The SMILES string of the molecule is Cc1[nH]c(=O)sc1S(=O)(=O)NCC1CCN(C)C1. The fraction of sp³-hybridized carbons (Fsp3) is 0.700. The van der Waals surface area contributed by atoms with E-state index in [2.05, 4.69) is 14.6 Å². The maximum atomic E-state index is 12.0. The Balaban J connectivity index is 2.04. The van der Waals surface area contributed by atoms with Crippen molar-refractivity contribution in [3.05, 3.63) is 15.4 Å². The normalized spacial score (nSPS) is 21.6. The molecule has 0 radical (unpaired) electrons. The molecule has 1 aliphatic heterocycles. The lowest BCUT2D eigenvalue weighted by Gasteiger charge is -2.11. The highest BCUT2D eigenvalue weighted by Gasteiger charge is 2.24. The Labute approximate surface area is 110 Å². The van der Waals surface area contributed by atoms with Crippen LogP contribution in [0.15, 0.2) is 9.00 Å². The van der Waals surface area contributed by atoms with Gasteiger partial charge in [-0.3, -0.25) is 4.79 Å². The van der Waals surface area contributed by atoms with Crippen LogP contribution in [0.25, 0.3) is 0 Å². The van der Waals surface area contributed by atoms with Crippen molar-refractivity contribution in [2.24, 2.45) is 5.92 Å². The molecule has 2 N–H and O–H groups in total. The fourth-order valence-corrected chi connectivity index (χ4v) is 4.59. The zero-order valence-electron chi connectivity index (χ0n) is 10.4. The molecule has 0 aromatic carbocycles. The van der Waals surface area contributed by atoms with Crippen molar-refractivity contribution >= 4 is 21.4 Å². The molecule has 0 spiro atoms. The first-order valence-electron chi connectivity index (χ1n) is 5.76. The van der Waals surface area contributed by atoms with Gasteiger partial charge in [0.2, 0.25) is 0 Å². The Bertz CT molecular complexity index is 575. The maximum Gasteiger partial charge on any atom is 0.305 e. The molecule has 1 aromatic rings. The molecular formula is C10H17N3O3S2. The second-order valence-corrected chi connectivity index (χ2v) is 7.64. The van der Waals surface area contributed by atoms with Crippen molar-refractivity contribution in [2.45, 2.75) is 17.6 Å². The Morgan fingerprint density at radius 2 is 2.28 bits per heavy atom. The highest BCUT2D eigenvalue weighted by molar-refractivity contribution is 7.91. The van der Waals surface area contributed by atoms with Crippen LogP contribution < -0.4 is 9.60 Å². The number of H-pyrrole nitrogens is 1. The van der Waals surface area contributed by atoms with Crippen molar-refractivity contribution in [3.63, 3.8) is 0 Å². The summed E-state index contributed by atoms with van der Waals surface area (Å²) in [6.45, 7) is 3.93. The standard InChI is InChI=1S/C10H17N3O3S2/c1-7-9(17-10(14)12-7)18(15,16)11-5-8-3-4-13(2)6-8/h8,11H,3-6H2,1-2H3,(H,12,14). The Morgan fingerprint density at radius 3 is 2.78 bits per heavy atom. The summed E-state index contributed by atoms with van der Waals surface area (Å²) in [4.78, 5) is 15.4. The lowest BCUT2D eigenvalue weighted by Crippen LogP contribution is -2.30. The van der Waals surface area contributed by atoms with Crippen molar-refractivity contribution in [1.29, 1.82) is 0 Å². The molecule has 0 bridgehead atoms. The van der Waals surface area contributed by atoms with Gasteiger partial charge in [-0.15, -0.1) is 0 Å². The van der Waals surface area contributed by atoms with Gasteiger partial charge in [0.25, 0.3) is 10.0 Å². The van der Waals surface area contributed by atoms with Gasteiger partial charge in [0.05, 0.1) is 0 Å². The number of aromatic nitrogens is 1. The second kappa shape index (κ2) is 5.12. The molecule has 6 nitrogen and oxygen atoms in total. The number of nitrogens with one attached hydrogen (secondary N) is 2. The molecular weight excluding hydrogens is 274 g/mol. The predicted molar refractivity (Wildman–Crippen MR) is 70.5 cm³/mol. The summed E-state index contributed by atoms with van der Waals surface area (Å²) in [6.07, 6.45) is 1.00. The molecule has 18 heavy (non-hydrogen) atoms. The van der Waals surface area contributed by atoms with E-state index in [-0.39, 0.29) is 9.08 Å². The third kappa shape index (κ3) is 3.00. The first-order chi connectivity index (χ1) is 8.38. The van der Waals surface area contributed by atoms with Crippen molar-refractivity contribution in [2.75, 3.05) is 26.7 Å². The summed E-state index contributed by atoms with van der Waals surface area (Å²) in [5, 5.41) is 0. The minimum atomic E-state index is -3.56. The summed E-state index contributed by atoms with van der Waals surface area (Å²) in [5.74, 6) is 0.348. The number of aromatic amines is 1. The van der Waals surface area contributed by atoms with Gasteiger partial charge < -0.3 is 9.88 Å². The average Bonchev–Trinajstić information content (AvgIpc) is 2.82. The van der Waals surface area contributed by atoms with Gasteiger partial charge in [-0.2, -0.15) is 0 Å². The summed E-state index contributed by atoms with van der Waals surface area (Å²) < 4.78 is 26.7. The zero-order chi connectivity index (χ0) is 13.3. The van der Waals surface area contributed by atoms with Crippen LogP contribution in [0, 0.1) is 12.8 Å². The summed E-state index contributed by atoms with van der Waals surface area (Å²) >= 11 is 0.732. The highest BCUT2D eigenvalue weighted by Crippen LogP contribution is 2.17. The molecule has 1 aliphatic rings. The van der Waals surface area contributed by atoms with Crippen LogP contribution in [0.2, 0.25) is 0 Å². The van der Waals surface area contributed by atoms with E-state index < -0.39 is 10.0 Å². The van der Waals surface area contributed by atoms with Gasteiger partial charge in [0, 0.05) is 18.8 Å². The molecule has 1 atom stereocenters. The third-order valence-corrected chi connectivity index (χ3v) is 6.10. The summed E-state index contributed by atoms with van der Waals surface area (Å²) in [5.41, 5.74) is 0.404. The van der Waals surface area contributed by atoms with E-state index in [1.807, 2.05) is 7.05 Å². The quantitative estimate of drug-likeness (QED) is 0.816. The van der Waals surface area contributed by atoms with E-state index in [9.17, 15) is 13.2 Å². The van der Waals surface area contributed by atoms with Crippen LogP contribution in [-0.4, -0.2) is 45.0 Å². The fourth-order valence-electron chi connectivity index (χ4n) is 2.13. The van der Waals surface area contributed by atoms with Crippen LogP contribution in [0.5, 0.6) is 0 Å². The summed E-state index contributed by atoms with van der Waals surface area (Å²) in [6, 6.07) is 0. The molecule has 1 aromatic heterocycles. The molecule has 102 valence electrons. The monoisotopic (exact) mass is 291 g/mol. The predicted octanol–water partition coefficient (Wildman–Crippen LogP) is -0.0252. The van der Waals surface area contributed by atoms with E-state index >= 15 is 0 Å². The van der Waals surface area contributed by atoms with E-state index in [4.69, 9.17) is 0 Å². The third-order valence-electron chi connectivity index (χ3n) is 3.08. The Kier molecular flexibility index (Phi) is 3.90. The van der Waals surface area contributed by atoms with Crippen LogP contribution in [-0.2, 0) is 10.0 Å². The van der Waals surface area contributed by atoms with E-state index in [1.165, 1.54) is 0 Å². The molecule has 1 saturated heterocycles. The first-order valence-corrected chi connectivity index (χ1v) is 8.06. The van der Waals surface area contributed by atoms with Gasteiger partial charge in [-0.1, -0.05) is 11.3 Å². The van der Waals surface area contributed by atoms with E-state index in [1.54, 1.807) is 6.92 Å². The number of sulfonamides is 1. The number of nitrogens with zero attached hydrogens (tertiary/aromatic N) is 1. The van der Waals surface area contributed by atoms with Gasteiger partial charge in [-0.25, -0.2) is 13.1 Å². The lowest BCUT2D eigenvalue weighted by atomic mass is 10.1. The van der Waals surface area contributed by atoms with Crippen LogP contribution in [0.3, 0.4) is 0 Å². The van der Waals surface area contributed by atoms with E-state index in [0.29, 0.717) is 18.2 Å². The summed E-state index contributed by atoms with van der Waals surface area (Å²) in [7, 11) is -1.53. The zero-order valence-corrected chi connectivity index (χ0v) is 12.0. The molecule has 2 rings (SSSR count). The molecule has 1 unspecified atom stereocenters. The number of likely N-dealkylation sites (tertiary alicyclic amines) is 1. The van der Waals surface area contributed by atoms with Crippen LogP contribution in [0.4, 0.5) is 0 Å². The highest BCUT2D eigenvalue weighted by atomic mass is 32.2. The Hall–Kier alpha value is -0.700. The number of rotatable bonds is 4. The van der Waals surface area contributed by atoms with E-state index in [0.717, 1.165) is 30.8 Å². The van der Waals surface area contributed by atoms with Crippen molar-refractivity contribution in [3.8, 4) is 0 Å². The number of thiazole rings is 1. The minimum absolute atomic E-state index is 0.0962. The number of hydrogen-bond acceptors (Lipinski definition) is 5. The molecule has 2 heterocycles. The Morgan fingerprint density at radius 1 is 1.56 bits per heavy atom. The van der Waals surface area contributed by atoms with Crippen LogP contribution in [0.1, 0.15) is 12.1 Å². The molecule has 0 saturated carbocycles. The topological polar surface area (TPSA) is 82.3 Å². The largest absolute Gasteiger partial charge is 0.315 e. The van der Waals surface area contributed by atoms with Crippen molar-refractivity contribution < 1.29 is 8.42 Å². The molecule has 8 heteroatoms. The minimum Gasteiger partial charge on any atom is -0.315 e. The number of hydrogen-bond donors (Lipinski definition) is 2. The van der Waals surface area contributed by atoms with Crippen LogP contribution >= 0.6 is 11.3 Å². The van der Waals surface area contributed by atoms with Gasteiger partial charge in [0.15, 0.2) is 4.21 Å². The molecule has 1 fully saturated rings. The second-order valence-electron chi connectivity index (χ2n) is 4.70. The first kappa shape index (κ1) is 13.7. The average molecular weight is 291 g/mol. The smallest absolute Gasteiger partial charge is 0.305 e. The van der Waals surface area contributed by atoms with Gasteiger partial charge >= 0.3 is 4.87 Å². The van der Waals surface area contributed by atoms with Gasteiger partial charge in [0.1, 0.15) is 0 Å². The number of aryl methyl sites for hydroxylation is 1.